The lowest BCUT2D eigenvalue weighted by Crippen LogP contribution is -2.45. The normalized spacial score (nSPS) is 15.9. The molecule has 0 fully saturated rings. The third-order valence-electron chi connectivity index (χ3n) is 4.29. The molecule has 0 bridgehead atoms. The summed E-state index contributed by atoms with van der Waals surface area (Å²) in [5, 5.41) is 29.4. The number of hydrogen-bond donors (Lipinski definition) is 3. The van der Waals surface area contributed by atoms with Crippen LogP contribution in [0.15, 0.2) is 59.8 Å². The van der Waals surface area contributed by atoms with Crippen molar-refractivity contribution in [3.05, 3.63) is 85.6 Å². The van der Waals surface area contributed by atoms with Crippen molar-refractivity contribution in [2.45, 2.75) is 13.0 Å². The summed E-state index contributed by atoms with van der Waals surface area (Å²) in [7, 11) is 0. The van der Waals surface area contributed by atoms with E-state index in [-0.39, 0.29) is 16.9 Å². The van der Waals surface area contributed by atoms with Crippen LogP contribution < -0.4 is 16.0 Å². The maximum absolute atomic E-state index is 12.9. The van der Waals surface area contributed by atoms with Gasteiger partial charge in [-0.2, -0.15) is 0 Å². The smallest absolute Gasteiger partial charge is 0.319 e. The molecule has 11 nitrogen and oxygen atoms in total. The van der Waals surface area contributed by atoms with Crippen molar-refractivity contribution in [1.29, 1.82) is 0 Å². The van der Waals surface area contributed by atoms with Gasteiger partial charge in [-0.15, -0.1) is 0 Å². The Balaban J connectivity index is 1.89. The summed E-state index contributed by atoms with van der Waals surface area (Å²) in [4.78, 5) is 45.2. The second kappa shape index (κ2) is 7.76. The Hall–Kier alpha value is -4.28. The summed E-state index contributed by atoms with van der Waals surface area (Å²) in [6.45, 7) is 1.56. The number of rotatable bonds is 5. The number of non-ortho nitro benzene ring substituents is 2. The fraction of sp³-hybridized carbons (Fsp3) is 0.111. The molecular formula is C18H15N5O6. The number of nitrogens with one attached hydrogen (secondary N) is 3. The van der Waals surface area contributed by atoms with E-state index in [9.17, 15) is 29.8 Å². The van der Waals surface area contributed by atoms with E-state index in [0.29, 0.717) is 16.9 Å². The third-order valence-corrected chi connectivity index (χ3v) is 4.29. The van der Waals surface area contributed by atoms with Gasteiger partial charge in [0.1, 0.15) is 0 Å². The monoisotopic (exact) mass is 397 g/mol. The lowest BCUT2D eigenvalue weighted by molar-refractivity contribution is -0.385. The van der Waals surface area contributed by atoms with E-state index >= 15 is 0 Å². The maximum atomic E-state index is 12.9. The molecule has 0 aliphatic carbocycles. The number of nitrogens with zero attached hydrogens (tertiary/aromatic N) is 2. The number of allylic oxidation sites excluding steroid dienone is 1. The van der Waals surface area contributed by atoms with E-state index in [2.05, 4.69) is 16.0 Å². The van der Waals surface area contributed by atoms with Crippen LogP contribution in [0.2, 0.25) is 0 Å². The molecule has 0 radical (unpaired) electrons. The Kier molecular flexibility index (Phi) is 5.21. The number of nitro benzene ring substituents is 2. The Morgan fingerprint density at radius 1 is 0.966 bits per heavy atom. The molecule has 0 aromatic heterocycles. The van der Waals surface area contributed by atoms with Gasteiger partial charge in [0.15, 0.2) is 0 Å². The summed E-state index contributed by atoms with van der Waals surface area (Å²) in [6, 6.07) is 9.43. The fourth-order valence-electron chi connectivity index (χ4n) is 2.90. The third kappa shape index (κ3) is 4.18. The number of benzene rings is 2. The average molecular weight is 397 g/mol. The largest absolute Gasteiger partial charge is 0.327 e. The SMILES string of the molecule is CC1=C(C(=O)Nc2ccc([N+](=O)[O-])cc2)C(c2ccc([N+](=O)[O-])cc2)NC(=O)N1. The molecular weight excluding hydrogens is 382 g/mol. The number of hydrogen-bond acceptors (Lipinski definition) is 6. The maximum Gasteiger partial charge on any atom is 0.319 e. The number of nitro groups is 2. The number of urea groups is 1. The summed E-state index contributed by atoms with van der Waals surface area (Å²) in [6.07, 6.45) is 0. The summed E-state index contributed by atoms with van der Waals surface area (Å²) in [5.41, 5.74) is 1.10. The highest BCUT2D eigenvalue weighted by Crippen LogP contribution is 2.29. The summed E-state index contributed by atoms with van der Waals surface area (Å²) < 4.78 is 0. The van der Waals surface area contributed by atoms with Crippen molar-refractivity contribution in [2.24, 2.45) is 0 Å². The first-order valence-electron chi connectivity index (χ1n) is 8.34. The van der Waals surface area contributed by atoms with Crippen LogP contribution in [0.25, 0.3) is 0 Å². The van der Waals surface area contributed by atoms with Gasteiger partial charge in [0.2, 0.25) is 0 Å². The van der Waals surface area contributed by atoms with Gasteiger partial charge >= 0.3 is 6.03 Å². The van der Waals surface area contributed by atoms with Crippen LogP contribution >= 0.6 is 0 Å². The molecule has 148 valence electrons. The molecule has 1 aliphatic rings. The van der Waals surface area contributed by atoms with E-state index < -0.39 is 27.8 Å². The Bertz CT molecular complexity index is 1030. The zero-order valence-electron chi connectivity index (χ0n) is 15.0. The molecule has 0 spiro atoms. The van der Waals surface area contributed by atoms with Gasteiger partial charge in [-0.1, -0.05) is 0 Å². The molecule has 11 heteroatoms. The summed E-state index contributed by atoms with van der Waals surface area (Å²) >= 11 is 0. The van der Waals surface area contributed by atoms with Crippen molar-refractivity contribution in [3.63, 3.8) is 0 Å². The number of carbonyl (C=O) groups excluding carboxylic acids is 2. The average Bonchev–Trinajstić information content (AvgIpc) is 2.67. The number of anilines is 1. The predicted octanol–water partition coefficient (Wildman–Crippen LogP) is 2.77. The highest BCUT2D eigenvalue weighted by Gasteiger charge is 2.31. The molecule has 1 heterocycles. The topological polar surface area (TPSA) is 157 Å². The minimum Gasteiger partial charge on any atom is -0.327 e. The van der Waals surface area contributed by atoms with Gasteiger partial charge in [0.25, 0.3) is 17.3 Å². The van der Waals surface area contributed by atoms with E-state index in [1.165, 1.54) is 48.5 Å². The number of carbonyl (C=O) groups is 2. The first kappa shape index (κ1) is 19.5. The van der Waals surface area contributed by atoms with E-state index in [1.54, 1.807) is 6.92 Å². The molecule has 3 amide bonds. The van der Waals surface area contributed by atoms with Crippen LogP contribution in [0.3, 0.4) is 0 Å². The van der Waals surface area contributed by atoms with Gasteiger partial charge in [0.05, 0.1) is 21.5 Å². The van der Waals surface area contributed by atoms with Gasteiger partial charge in [0, 0.05) is 35.6 Å². The molecule has 0 saturated carbocycles. The van der Waals surface area contributed by atoms with E-state index in [1.807, 2.05) is 0 Å². The van der Waals surface area contributed by atoms with Crippen molar-refractivity contribution in [1.82, 2.24) is 10.6 Å². The molecule has 0 saturated heterocycles. The quantitative estimate of drug-likeness (QED) is 0.520. The molecule has 1 atom stereocenters. The van der Waals surface area contributed by atoms with E-state index in [0.717, 1.165) is 0 Å². The lowest BCUT2D eigenvalue weighted by atomic mass is 9.94. The highest BCUT2D eigenvalue weighted by molar-refractivity contribution is 6.06. The predicted molar refractivity (Wildman–Crippen MR) is 102 cm³/mol. The second-order valence-electron chi connectivity index (χ2n) is 6.18. The zero-order chi connectivity index (χ0) is 21.1. The van der Waals surface area contributed by atoms with Crippen LogP contribution in [0, 0.1) is 20.2 Å². The first-order valence-corrected chi connectivity index (χ1v) is 8.34. The van der Waals surface area contributed by atoms with Gasteiger partial charge < -0.3 is 16.0 Å². The van der Waals surface area contributed by atoms with Crippen molar-refractivity contribution in [2.75, 3.05) is 5.32 Å². The van der Waals surface area contributed by atoms with Crippen LogP contribution in [-0.2, 0) is 4.79 Å². The molecule has 1 aliphatic heterocycles. The molecule has 3 N–H and O–H groups in total. The summed E-state index contributed by atoms with van der Waals surface area (Å²) in [5.74, 6) is -0.535. The Labute approximate surface area is 163 Å². The molecule has 2 aromatic rings. The highest BCUT2D eigenvalue weighted by atomic mass is 16.6. The van der Waals surface area contributed by atoms with Crippen molar-refractivity contribution >= 4 is 29.0 Å². The van der Waals surface area contributed by atoms with Crippen LogP contribution in [0.1, 0.15) is 18.5 Å². The molecule has 29 heavy (non-hydrogen) atoms. The van der Waals surface area contributed by atoms with Crippen molar-refractivity contribution < 1.29 is 19.4 Å². The molecule has 1 unspecified atom stereocenters. The minimum absolute atomic E-state index is 0.117. The Morgan fingerprint density at radius 2 is 1.48 bits per heavy atom. The van der Waals surface area contributed by atoms with Gasteiger partial charge in [-0.3, -0.25) is 25.0 Å². The lowest BCUT2D eigenvalue weighted by Gasteiger charge is -2.28. The molecule has 3 rings (SSSR count). The fourth-order valence-corrected chi connectivity index (χ4v) is 2.90. The van der Waals surface area contributed by atoms with Crippen molar-refractivity contribution in [3.8, 4) is 0 Å². The first-order chi connectivity index (χ1) is 13.8. The van der Waals surface area contributed by atoms with Crippen LogP contribution in [0.4, 0.5) is 21.9 Å². The zero-order valence-corrected chi connectivity index (χ0v) is 15.0. The van der Waals surface area contributed by atoms with Gasteiger partial charge in [-0.25, -0.2) is 4.79 Å². The minimum atomic E-state index is -0.831. The molecule has 2 aromatic carbocycles. The second-order valence-corrected chi connectivity index (χ2v) is 6.18. The van der Waals surface area contributed by atoms with Crippen LogP contribution in [0.5, 0.6) is 0 Å². The van der Waals surface area contributed by atoms with E-state index in [4.69, 9.17) is 0 Å². The number of amides is 3. The standard InChI is InChI=1S/C18H15N5O6/c1-10-15(17(24)20-12-4-8-14(9-5-12)23(28)29)16(21-18(25)19-10)11-2-6-13(7-3-11)22(26)27/h2-9,16H,1H3,(H,20,24)(H2,19,21,25). The van der Waals surface area contributed by atoms with Gasteiger partial charge in [-0.05, 0) is 36.8 Å². The van der Waals surface area contributed by atoms with Crippen LogP contribution in [-0.4, -0.2) is 21.8 Å². The Morgan fingerprint density at radius 3 is 2.00 bits per heavy atom.